The molecule has 10 N–H and O–H groups in total. The molecular weight excluding hydrogens is 532 g/mol. The Morgan fingerprint density at radius 2 is 1.23 bits per heavy atom. The highest BCUT2D eigenvalue weighted by Crippen LogP contribution is 2.32. The van der Waals surface area contributed by atoms with Crippen LogP contribution in [-0.4, -0.2) is 158 Å². The van der Waals surface area contributed by atoms with Crippen LogP contribution in [-0.2, 0) is 33.3 Å². The van der Waals surface area contributed by atoms with E-state index in [0.29, 0.717) is 0 Å². The van der Waals surface area contributed by atoms with Gasteiger partial charge in [0.1, 0.15) is 67.0 Å². The molecule has 0 aliphatic carbocycles. The summed E-state index contributed by atoms with van der Waals surface area (Å²) in [5.74, 6) is -1.27. The van der Waals surface area contributed by atoms with Gasteiger partial charge in [0.15, 0.2) is 18.9 Å². The predicted molar refractivity (Wildman–Crippen MR) is 123 cm³/mol. The van der Waals surface area contributed by atoms with Crippen molar-refractivity contribution >= 4 is 11.8 Å². The number of aliphatic hydroxyl groups is 8. The molecule has 3 aliphatic heterocycles. The summed E-state index contributed by atoms with van der Waals surface area (Å²) in [6.07, 6.45) is -19.9. The second-order valence-corrected chi connectivity index (χ2v) is 9.79. The second kappa shape index (κ2) is 13.4. The van der Waals surface area contributed by atoms with Gasteiger partial charge in [-0.3, -0.25) is 9.59 Å². The van der Waals surface area contributed by atoms with Gasteiger partial charge >= 0.3 is 0 Å². The number of hydrogen-bond acceptors (Lipinski definition) is 15. The van der Waals surface area contributed by atoms with Crippen molar-refractivity contribution in [2.75, 3.05) is 13.2 Å². The molecule has 39 heavy (non-hydrogen) atoms. The molecule has 0 spiro atoms. The van der Waals surface area contributed by atoms with E-state index in [1.807, 2.05) is 0 Å². The molecule has 0 unspecified atom stereocenters. The average molecular weight is 571 g/mol. The first-order chi connectivity index (χ1) is 18.3. The van der Waals surface area contributed by atoms with Crippen LogP contribution in [0.1, 0.15) is 20.8 Å². The number of carbonyl (C=O) groups excluding carboxylic acids is 2. The van der Waals surface area contributed by atoms with Crippen molar-refractivity contribution in [3.05, 3.63) is 0 Å². The average Bonchev–Trinajstić information content (AvgIpc) is 2.87. The summed E-state index contributed by atoms with van der Waals surface area (Å²) in [6.45, 7) is 2.14. The normalized spacial score (nSPS) is 46.9. The quantitative estimate of drug-likeness (QED) is 0.130. The van der Waals surface area contributed by atoms with Gasteiger partial charge in [-0.1, -0.05) is 0 Å². The van der Waals surface area contributed by atoms with E-state index in [9.17, 15) is 50.4 Å². The molecule has 17 heteroatoms. The Balaban J connectivity index is 1.91. The van der Waals surface area contributed by atoms with Gasteiger partial charge < -0.3 is 75.2 Å². The monoisotopic (exact) mass is 570 g/mol. The Bertz CT molecular complexity index is 837. The first-order valence-electron chi connectivity index (χ1n) is 12.4. The lowest BCUT2D eigenvalue weighted by Gasteiger charge is -2.49. The van der Waals surface area contributed by atoms with E-state index in [4.69, 9.17) is 23.7 Å². The highest BCUT2D eigenvalue weighted by Gasteiger charge is 2.54. The number of aliphatic hydroxyl groups excluding tert-OH is 8. The van der Waals surface area contributed by atoms with Crippen LogP contribution in [0.2, 0.25) is 0 Å². The first kappa shape index (κ1) is 31.9. The van der Waals surface area contributed by atoms with Gasteiger partial charge in [-0.25, -0.2) is 0 Å². The van der Waals surface area contributed by atoms with Crippen molar-refractivity contribution in [1.29, 1.82) is 0 Å². The van der Waals surface area contributed by atoms with Gasteiger partial charge in [0.2, 0.25) is 11.8 Å². The zero-order chi connectivity index (χ0) is 29.2. The van der Waals surface area contributed by atoms with Gasteiger partial charge in [-0.2, -0.15) is 0 Å². The van der Waals surface area contributed by atoms with Crippen LogP contribution in [0.4, 0.5) is 0 Å². The molecule has 226 valence electrons. The van der Waals surface area contributed by atoms with Crippen LogP contribution >= 0.6 is 0 Å². The highest BCUT2D eigenvalue weighted by molar-refractivity contribution is 5.73. The van der Waals surface area contributed by atoms with Crippen LogP contribution in [0.3, 0.4) is 0 Å². The molecule has 3 rings (SSSR count). The molecule has 3 heterocycles. The molecule has 0 aromatic heterocycles. The molecule has 0 aromatic rings. The van der Waals surface area contributed by atoms with Crippen molar-refractivity contribution in [3.8, 4) is 0 Å². The molecular formula is C22H38N2O15. The zero-order valence-electron chi connectivity index (χ0n) is 21.5. The molecule has 0 bridgehead atoms. The summed E-state index contributed by atoms with van der Waals surface area (Å²) >= 11 is 0. The van der Waals surface area contributed by atoms with Gasteiger partial charge in [0, 0.05) is 13.8 Å². The molecule has 0 aromatic carbocycles. The summed E-state index contributed by atoms with van der Waals surface area (Å²) in [6, 6.07) is -2.79. The highest BCUT2D eigenvalue weighted by atomic mass is 16.7. The van der Waals surface area contributed by atoms with Gasteiger partial charge in [0.05, 0.1) is 19.3 Å². The Morgan fingerprint density at radius 1 is 0.667 bits per heavy atom. The van der Waals surface area contributed by atoms with Crippen LogP contribution in [0.15, 0.2) is 0 Å². The Hall–Kier alpha value is -1.58. The molecule has 2 amide bonds. The standard InChI is InChI=1S/C22H38N2O15/c1-6-13(29)16(32)17(33)22(35-6)39-19-12(24-8(3)28)21(37-9(4-25)14(19)30)38-18-10(5-26)36-20(34)11(15(18)31)23-7(2)27/h6,9-22,25-26,29-34H,4-5H2,1-3H3,(H,23,27)(H,24,28)/t6-,9+,10+,11+,12+,13+,14-,15+,16+,17-,18+,19+,20+,21-,22-/m0/s1. The smallest absolute Gasteiger partial charge is 0.217 e. The lowest BCUT2D eigenvalue weighted by molar-refractivity contribution is -0.356. The molecule has 15 atom stereocenters. The number of rotatable bonds is 8. The molecule has 0 saturated carbocycles. The van der Waals surface area contributed by atoms with Crippen LogP contribution in [0.25, 0.3) is 0 Å². The molecule has 0 radical (unpaired) electrons. The van der Waals surface area contributed by atoms with Crippen molar-refractivity contribution in [1.82, 2.24) is 10.6 Å². The second-order valence-electron chi connectivity index (χ2n) is 9.79. The van der Waals surface area contributed by atoms with E-state index in [1.165, 1.54) is 6.92 Å². The van der Waals surface area contributed by atoms with E-state index in [-0.39, 0.29) is 0 Å². The van der Waals surface area contributed by atoms with Crippen molar-refractivity contribution < 1.29 is 74.1 Å². The van der Waals surface area contributed by atoms with Gasteiger partial charge in [-0.15, -0.1) is 0 Å². The summed E-state index contributed by atoms with van der Waals surface area (Å²) in [4.78, 5) is 23.7. The zero-order valence-corrected chi connectivity index (χ0v) is 21.5. The number of ether oxygens (including phenoxy) is 5. The van der Waals surface area contributed by atoms with E-state index in [0.717, 1.165) is 13.8 Å². The third-order valence-electron chi connectivity index (χ3n) is 6.86. The third kappa shape index (κ3) is 7.02. The minimum Gasteiger partial charge on any atom is -0.394 e. The van der Waals surface area contributed by atoms with E-state index < -0.39 is 117 Å². The summed E-state index contributed by atoms with van der Waals surface area (Å²) in [5, 5.41) is 87.0. The van der Waals surface area contributed by atoms with Crippen molar-refractivity contribution in [2.24, 2.45) is 0 Å². The number of hydrogen-bond donors (Lipinski definition) is 10. The Morgan fingerprint density at radius 3 is 1.79 bits per heavy atom. The lowest BCUT2D eigenvalue weighted by atomic mass is 9.94. The predicted octanol–water partition coefficient (Wildman–Crippen LogP) is -6.26. The van der Waals surface area contributed by atoms with Crippen LogP contribution < -0.4 is 10.6 Å². The molecule has 3 aliphatic rings. The van der Waals surface area contributed by atoms with Gasteiger partial charge in [0.25, 0.3) is 0 Å². The van der Waals surface area contributed by atoms with Crippen molar-refractivity contribution in [2.45, 2.75) is 113 Å². The number of nitrogens with one attached hydrogen (secondary N) is 2. The maximum atomic E-state index is 12.1. The molecule has 3 saturated heterocycles. The van der Waals surface area contributed by atoms with E-state index in [1.54, 1.807) is 0 Å². The SMILES string of the molecule is CC(=O)N[C@@H]1[C@@H](O)[C@H](O[C@@H]2O[C@H](CO)[C@H](O)[C@H](O[C@@H]3O[C@@H](C)[C@@H](O)[C@@H](O)[C@@H]3O)[C@H]2NC(C)=O)[C@@H](CO)O[C@H]1O. The van der Waals surface area contributed by atoms with Gasteiger partial charge in [-0.05, 0) is 6.92 Å². The number of carbonyl (C=O) groups is 2. The van der Waals surface area contributed by atoms with E-state index in [2.05, 4.69) is 10.6 Å². The Labute approximate surface area is 223 Å². The third-order valence-corrected chi connectivity index (χ3v) is 6.86. The fourth-order valence-corrected chi connectivity index (χ4v) is 4.81. The minimum absolute atomic E-state index is 0.613. The summed E-state index contributed by atoms with van der Waals surface area (Å²) in [7, 11) is 0. The van der Waals surface area contributed by atoms with Crippen LogP contribution in [0, 0.1) is 0 Å². The number of amides is 2. The maximum absolute atomic E-state index is 12.1. The summed E-state index contributed by atoms with van der Waals surface area (Å²) < 4.78 is 28.0. The van der Waals surface area contributed by atoms with Crippen LogP contribution in [0.5, 0.6) is 0 Å². The Kier molecular flexibility index (Phi) is 11.0. The minimum atomic E-state index is -1.77. The molecule has 3 fully saturated rings. The lowest BCUT2D eigenvalue weighted by Crippen LogP contribution is -2.70. The fourth-order valence-electron chi connectivity index (χ4n) is 4.81. The topological polar surface area (TPSA) is 266 Å². The first-order valence-corrected chi connectivity index (χ1v) is 12.4. The van der Waals surface area contributed by atoms with E-state index >= 15 is 0 Å². The molecule has 17 nitrogen and oxygen atoms in total. The largest absolute Gasteiger partial charge is 0.394 e. The summed E-state index contributed by atoms with van der Waals surface area (Å²) in [5.41, 5.74) is 0. The van der Waals surface area contributed by atoms with Crippen molar-refractivity contribution in [3.63, 3.8) is 0 Å². The maximum Gasteiger partial charge on any atom is 0.217 e. The fraction of sp³-hybridized carbons (Fsp3) is 0.909.